The molecule has 1 saturated heterocycles. The van der Waals surface area contributed by atoms with Crippen LogP contribution in [0.2, 0.25) is 0 Å². The highest BCUT2D eigenvalue weighted by Gasteiger charge is 2.33. The number of Topliss-reactive ketones (excluding diaryl/α,β-unsaturated/α-hetero) is 1. The van der Waals surface area contributed by atoms with Gasteiger partial charge in [-0.1, -0.05) is 42.2 Å². The summed E-state index contributed by atoms with van der Waals surface area (Å²) in [6.07, 6.45) is 3.73. The fourth-order valence-electron chi connectivity index (χ4n) is 3.86. The molecule has 178 valence electrons. The molecular weight excluding hydrogens is 490 g/mol. The van der Waals surface area contributed by atoms with Crippen LogP contribution in [-0.2, 0) is 4.79 Å². The van der Waals surface area contributed by atoms with Gasteiger partial charge in [0.25, 0.3) is 5.91 Å². The zero-order valence-corrected chi connectivity index (χ0v) is 21.2. The third-order valence-electron chi connectivity index (χ3n) is 5.74. The van der Waals surface area contributed by atoms with E-state index in [1.54, 1.807) is 36.1 Å². The molecule has 8 heteroatoms. The number of methoxy groups -OCH3 is 1. The van der Waals surface area contributed by atoms with Gasteiger partial charge in [-0.15, -0.1) is 0 Å². The van der Waals surface area contributed by atoms with Crippen molar-refractivity contribution in [1.82, 2.24) is 9.78 Å². The summed E-state index contributed by atoms with van der Waals surface area (Å²) in [7, 11) is 1.63. The largest absolute Gasteiger partial charge is 0.497 e. The number of para-hydroxylation sites is 1. The zero-order valence-electron chi connectivity index (χ0n) is 19.5. The van der Waals surface area contributed by atoms with Crippen molar-refractivity contribution in [2.45, 2.75) is 6.92 Å². The van der Waals surface area contributed by atoms with Gasteiger partial charge < -0.3 is 4.74 Å². The first-order chi connectivity index (χ1) is 17.4. The highest BCUT2D eigenvalue weighted by molar-refractivity contribution is 8.27. The highest BCUT2D eigenvalue weighted by atomic mass is 32.2. The molecule has 4 aromatic rings. The maximum atomic E-state index is 13.4. The van der Waals surface area contributed by atoms with Crippen LogP contribution in [0.4, 0.5) is 5.69 Å². The Kier molecular flexibility index (Phi) is 6.54. The molecule has 5 rings (SSSR count). The zero-order chi connectivity index (χ0) is 25.2. The minimum atomic E-state index is -0.214. The Bertz CT molecular complexity index is 1490. The van der Waals surface area contributed by atoms with Crippen molar-refractivity contribution in [1.29, 1.82) is 0 Å². The lowest BCUT2D eigenvalue weighted by molar-refractivity contribution is -0.113. The molecule has 0 spiro atoms. The number of nitrogens with zero attached hydrogens (tertiary/aromatic N) is 3. The van der Waals surface area contributed by atoms with Crippen molar-refractivity contribution >= 4 is 51.8 Å². The van der Waals surface area contributed by atoms with E-state index in [1.807, 2.05) is 66.9 Å². The SMILES string of the molecule is COc1ccc(-c2nn(-c3ccccc3)cc2/C=C2\SC(=S)N(c3ccc(C(C)=O)cc3)C2=O)cc1. The maximum Gasteiger partial charge on any atom is 0.270 e. The molecule has 3 aromatic carbocycles. The fraction of sp³-hybridized carbons (Fsp3) is 0.0714. The van der Waals surface area contributed by atoms with Crippen LogP contribution in [0.3, 0.4) is 0 Å². The predicted molar refractivity (Wildman–Crippen MR) is 148 cm³/mol. The van der Waals surface area contributed by atoms with Gasteiger partial charge in [0.2, 0.25) is 0 Å². The molecule has 0 N–H and O–H groups in total. The first-order valence-corrected chi connectivity index (χ1v) is 12.4. The van der Waals surface area contributed by atoms with Gasteiger partial charge in [0.15, 0.2) is 10.1 Å². The summed E-state index contributed by atoms with van der Waals surface area (Å²) in [6.45, 7) is 1.51. The van der Waals surface area contributed by atoms with E-state index in [4.69, 9.17) is 22.1 Å². The smallest absolute Gasteiger partial charge is 0.270 e. The van der Waals surface area contributed by atoms with Crippen LogP contribution >= 0.6 is 24.0 Å². The molecule has 6 nitrogen and oxygen atoms in total. The summed E-state index contributed by atoms with van der Waals surface area (Å²) < 4.78 is 7.53. The molecule has 1 fully saturated rings. The van der Waals surface area contributed by atoms with E-state index in [0.29, 0.717) is 20.5 Å². The number of rotatable bonds is 6. The molecule has 1 aliphatic heterocycles. The number of amides is 1. The van der Waals surface area contributed by atoms with Crippen molar-refractivity contribution in [2.24, 2.45) is 0 Å². The molecule has 1 aliphatic rings. The number of carbonyl (C=O) groups is 2. The summed E-state index contributed by atoms with van der Waals surface area (Å²) in [5.74, 6) is 0.501. The molecule has 0 saturated carbocycles. The normalized spacial score (nSPS) is 14.5. The van der Waals surface area contributed by atoms with Gasteiger partial charge in [0.1, 0.15) is 5.75 Å². The van der Waals surface area contributed by atoms with Gasteiger partial charge in [-0.05, 0) is 73.7 Å². The summed E-state index contributed by atoms with van der Waals surface area (Å²) >= 11 is 6.78. The Morgan fingerprint density at radius 2 is 1.67 bits per heavy atom. The van der Waals surface area contributed by atoms with E-state index in [2.05, 4.69) is 0 Å². The summed E-state index contributed by atoms with van der Waals surface area (Å²) in [6, 6.07) is 24.3. The average molecular weight is 512 g/mol. The topological polar surface area (TPSA) is 64.4 Å². The van der Waals surface area contributed by atoms with Crippen molar-refractivity contribution < 1.29 is 14.3 Å². The molecule has 1 aromatic heterocycles. The molecule has 0 bridgehead atoms. The lowest BCUT2D eigenvalue weighted by Crippen LogP contribution is -2.27. The van der Waals surface area contributed by atoms with Crippen molar-refractivity contribution in [3.05, 3.63) is 101 Å². The molecule has 0 atom stereocenters. The molecular formula is C28H21N3O3S2. The Balaban J connectivity index is 1.54. The van der Waals surface area contributed by atoms with Crippen molar-refractivity contribution in [3.63, 3.8) is 0 Å². The quantitative estimate of drug-likeness (QED) is 0.176. The van der Waals surface area contributed by atoms with Crippen molar-refractivity contribution in [3.8, 4) is 22.7 Å². The lowest BCUT2D eigenvalue weighted by Gasteiger charge is -2.14. The van der Waals surface area contributed by atoms with Gasteiger partial charge in [-0.3, -0.25) is 14.5 Å². The Morgan fingerprint density at radius 3 is 2.31 bits per heavy atom. The standard InChI is InChI=1S/C28H21N3O3S2/c1-18(32)19-8-12-23(13-9-19)31-27(33)25(36-28(31)35)16-21-17-30(22-6-4-3-5-7-22)29-26(21)20-10-14-24(34-2)15-11-20/h3-17H,1-2H3/b25-16-. The van der Waals surface area contributed by atoms with Crippen LogP contribution in [0.1, 0.15) is 22.8 Å². The maximum absolute atomic E-state index is 13.4. The molecule has 2 heterocycles. The Hall–Kier alpha value is -4.01. The van der Waals surface area contributed by atoms with Crippen LogP contribution in [0.25, 0.3) is 23.0 Å². The second kappa shape index (κ2) is 9.93. The minimum Gasteiger partial charge on any atom is -0.497 e. The summed E-state index contributed by atoms with van der Waals surface area (Å²) in [5.41, 5.74) is 4.53. The minimum absolute atomic E-state index is 0.0340. The first kappa shape index (κ1) is 23.7. The Morgan fingerprint density at radius 1 is 0.972 bits per heavy atom. The third kappa shape index (κ3) is 4.60. The van der Waals surface area contributed by atoms with Crippen LogP contribution in [0, 0.1) is 0 Å². The lowest BCUT2D eigenvalue weighted by atomic mass is 10.1. The number of thioether (sulfide) groups is 1. The van der Waals surface area contributed by atoms with Crippen LogP contribution < -0.4 is 9.64 Å². The number of benzene rings is 3. The third-order valence-corrected chi connectivity index (χ3v) is 7.04. The highest BCUT2D eigenvalue weighted by Crippen LogP contribution is 2.37. The van der Waals surface area contributed by atoms with Crippen LogP contribution in [0.15, 0.2) is 90.0 Å². The van der Waals surface area contributed by atoms with Gasteiger partial charge in [0, 0.05) is 22.9 Å². The second-order valence-corrected chi connectivity index (χ2v) is 9.74. The van der Waals surface area contributed by atoms with E-state index >= 15 is 0 Å². The monoisotopic (exact) mass is 511 g/mol. The van der Waals surface area contributed by atoms with Gasteiger partial charge in [-0.2, -0.15) is 5.10 Å². The number of ketones is 1. The molecule has 1 amide bonds. The number of hydrogen-bond donors (Lipinski definition) is 0. The van der Waals surface area contributed by atoms with E-state index < -0.39 is 0 Å². The van der Waals surface area contributed by atoms with E-state index in [0.717, 1.165) is 28.3 Å². The van der Waals surface area contributed by atoms with Crippen molar-refractivity contribution in [2.75, 3.05) is 12.0 Å². The predicted octanol–water partition coefficient (Wildman–Crippen LogP) is 6.16. The fourth-order valence-corrected chi connectivity index (χ4v) is 5.15. The summed E-state index contributed by atoms with van der Waals surface area (Å²) in [4.78, 5) is 27.0. The van der Waals surface area contributed by atoms with E-state index in [-0.39, 0.29) is 11.7 Å². The second-order valence-electron chi connectivity index (χ2n) is 8.06. The molecule has 36 heavy (non-hydrogen) atoms. The number of anilines is 1. The van der Waals surface area contributed by atoms with Gasteiger partial charge in [0.05, 0.1) is 29.1 Å². The summed E-state index contributed by atoms with van der Waals surface area (Å²) in [5, 5.41) is 4.83. The van der Waals surface area contributed by atoms with E-state index in [9.17, 15) is 9.59 Å². The first-order valence-electron chi connectivity index (χ1n) is 11.1. The van der Waals surface area contributed by atoms with Gasteiger partial charge in [-0.25, -0.2) is 4.68 Å². The van der Waals surface area contributed by atoms with Gasteiger partial charge >= 0.3 is 0 Å². The molecule has 0 radical (unpaired) electrons. The average Bonchev–Trinajstić information content (AvgIpc) is 3.45. The number of aromatic nitrogens is 2. The number of ether oxygens (including phenoxy) is 1. The van der Waals surface area contributed by atoms with Crippen LogP contribution in [0.5, 0.6) is 5.75 Å². The number of carbonyl (C=O) groups excluding carboxylic acids is 2. The number of thiocarbonyl (C=S) groups is 1. The molecule has 0 aliphatic carbocycles. The molecule has 0 unspecified atom stereocenters. The number of hydrogen-bond acceptors (Lipinski definition) is 6. The Labute approximate surface area is 218 Å². The van der Waals surface area contributed by atoms with Crippen LogP contribution in [-0.4, -0.2) is 32.9 Å². The van der Waals surface area contributed by atoms with E-state index in [1.165, 1.54) is 23.6 Å².